The first-order valence-electron chi connectivity index (χ1n) is 7.69. The van der Waals surface area contributed by atoms with Crippen LogP contribution in [0.4, 0.5) is 0 Å². The Bertz CT molecular complexity index is 541. The highest BCUT2D eigenvalue weighted by atomic mass is 16.5. The highest BCUT2D eigenvalue weighted by molar-refractivity contribution is 5.96. The molecule has 0 unspecified atom stereocenters. The second-order valence-corrected chi connectivity index (χ2v) is 5.51. The van der Waals surface area contributed by atoms with Crippen molar-refractivity contribution in [1.82, 2.24) is 19.4 Å². The molecule has 7 nitrogen and oxygen atoms in total. The van der Waals surface area contributed by atoms with E-state index in [-0.39, 0.29) is 11.8 Å². The molecule has 1 aliphatic heterocycles. The molecule has 0 radical (unpaired) electrons. The van der Waals surface area contributed by atoms with Crippen LogP contribution in [0.25, 0.3) is 0 Å². The number of ether oxygens (including phenoxy) is 1. The lowest BCUT2D eigenvalue weighted by Crippen LogP contribution is -2.42. The minimum atomic E-state index is -0.140. The number of nitrogens with zero attached hydrogens (tertiary/aromatic N) is 4. The molecule has 0 saturated carbocycles. The van der Waals surface area contributed by atoms with E-state index in [2.05, 4.69) is 11.9 Å². The van der Waals surface area contributed by atoms with Gasteiger partial charge in [0.2, 0.25) is 0 Å². The van der Waals surface area contributed by atoms with Gasteiger partial charge in [-0.2, -0.15) is 0 Å². The zero-order valence-corrected chi connectivity index (χ0v) is 13.5. The minimum absolute atomic E-state index is 0.133. The zero-order valence-electron chi connectivity index (χ0n) is 13.5. The summed E-state index contributed by atoms with van der Waals surface area (Å²) < 4.78 is 6.78. The lowest BCUT2D eigenvalue weighted by atomic mass is 10.3. The summed E-state index contributed by atoms with van der Waals surface area (Å²) in [6.07, 6.45) is 3.68. The van der Waals surface area contributed by atoms with Gasteiger partial charge in [0.1, 0.15) is 5.69 Å². The normalized spacial score (nSPS) is 14.1. The molecule has 1 aromatic heterocycles. The van der Waals surface area contributed by atoms with Crippen molar-refractivity contribution in [1.29, 1.82) is 0 Å². The first-order valence-corrected chi connectivity index (χ1v) is 7.69. The Morgan fingerprint density at radius 1 is 1.45 bits per heavy atom. The number of aromatic nitrogens is 2. The number of carbonyl (C=O) groups excluding carboxylic acids is 2. The van der Waals surface area contributed by atoms with Crippen molar-refractivity contribution in [3.63, 3.8) is 0 Å². The second-order valence-electron chi connectivity index (χ2n) is 5.51. The molecule has 0 bridgehead atoms. The summed E-state index contributed by atoms with van der Waals surface area (Å²) in [5, 5.41) is 0. The molecule has 2 amide bonds. The van der Waals surface area contributed by atoms with Crippen molar-refractivity contribution in [3.05, 3.63) is 17.7 Å². The molecular weight excluding hydrogens is 284 g/mol. The van der Waals surface area contributed by atoms with E-state index >= 15 is 0 Å². The third-order valence-electron chi connectivity index (χ3n) is 3.84. The largest absolute Gasteiger partial charge is 0.383 e. The first kappa shape index (κ1) is 16.5. The van der Waals surface area contributed by atoms with E-state index in [0.29, 0.717) is 44.3 Å². The van der Waals surface area contributed by atoms with Crippen molar-refractivity contribution in [2.24, 2.45) is 0 Å². The zero-order chi connectivity index (χ0) is 16.1. The highest BCUT2D eigenvalue weighted by Crippen LogP contribution is 2.14. The molecule has 0 aromatic carbocycles. The Kier molecular flexibility index (Phi) is 5.54. The van der Waals surface area contributed by atoms with Crippen LogP contribution in [-0.4, -0.2) is 71.6 Å². The molecule has 7 heteroatoms. The Labute approximate surface area is 130 Å². The van der Waals surface area contributed by atoms with Crippen LogP contribution in [0, 0.1) is 0 Å². The van der Waals surface area contributed by atoms with Crippen LogP contribution in [0.5, 0.6) is 0 Å². The predicted octanol–water partition coefficient (Wildman–Crippen LogP) is 0.857. The molecule has 0 saturated heterocycles. The Morgan fingerprint density at radius 3 is 2.91 bits per heavy atom. The van der Waals surface area contributed by atoms with Gasteiger partial charge in [0.25, 0.3) is 11.8 Å². The van der Waals surface area contributed by atoms with Gasteiger partial charge in [-0.1, -0.05) is 13.3 Å². The highest BCUT2D eigenvalue weighted by Gasteiger charge is 2.28. The molecule has 0 N–H and O–H groups in total. The average molecular weight is 308 g/mol. The number of hydrogen-bond acceptors (Lipinski definition) is 4. The van der Waals surface area contributed by atoms with Gasteiger partial charge in [-0.3, -0.25) is 9.59 Å². The summed E-state index contributed by atoms with van der Waals surface area (Å²) in [4.78, 5) is 32.3. The smallest absolute Gasteiger partial charge is 0.290 e. The number of fused-ring (bicyclic) bond motifs is 1. The molecule has 0 aliphatic carbocycles. The quantitative estimate of drug-likeness (QED) is 0.749. The van der Waals surface area contributed by atoms with Gasteiger partial charge >= 0.3 is 0 Å². The maximum Gasteiger partial charge on any atom is 0.290 e. The van der Waals surface area contributed by atoms with Crippen molar-refractivity contribution in [3.8, 4) is 0 Å². The summed E-state index contributed by atoms with van der Waals surface area (Å²) in [6, 6.07) is 0. The van der Waals surface area contributed by atoms with Crippen LogP contribution >= 0.6 is 0 Å². The van der Waals surface area contributed by atoms with Gasteiger partial charge in [0.15, 0.2) is 5.82 Å². The van der Waals surface area contributed by atoms with Gasteiger partial charge in [-0.25, -0.2) is 4.98 Å². The van der Waals surface area contributed by atoms with Gasteiger partial charge < -0.3 is 19.1 Å². The minimum Gasteiger partial charge on any atom is -0.383 e. The van der Waals surface area contributed by atoms with Gasteiger partial charge in [0, 0.05) is 46.5 Å². The fraction of sp³-hybridized carbons (Fsp3) is 0.667. The standard InChI is InChI=1S/C15H24N4O3/c1-4-5-6-17(2)14(20)12-11-19-8-7-18(9-10-22-3)15(21)13(19)16-12/h11H,4-10H2,1-3H3. The van der Waals surface area contributed by atoms with E-state index in [4.69, 9.17) is 4.74 Å². The molecule has 0 atom stereocenters. The Hall–Kier alpha value is -1.89. The maximum atomic E-state index is 12.4. The van der Waals surface area contributed by atoms with Crippen LogP contribution in [-0.2, 0) is 11.3 Å². The van der Waals surface area contributed by atoms with Gasteiger partial charge in [-0.15, -0.1) is 0 Å². The second kappa shape index (κ2) is 7.40. The van der Waals surface area contributed by atoms with Crippen molar-refractivity contribution >= 4 is 11.8 Å². The van der Waals surface area contributed by atoms with Crippen LogP contribution in [0.2, 0.25) is 0 Å². The first-order chi connectivity index (χ1) is 10.6. The number of amides is 2. The molecular formula is C15H24N4O3. The fourth-order valence-electron chi connectivity index (χ4n) is 2.44. The lowest BCUT2D eigenvalue weighted by Gasteiger charge is -2.26. The summed E-state index contributed by atoms with van der Waals surface area (Å²) in [7, 11) is 3.38. The number of unbranched alkanes of at least 4 members (excludes halogenated alkanes) is 1. The topological polar surface area (TPSA) is 67.7 Å². The number of hydrogen-bond donors (Lipinski definition) is 0. The van der Waals surface area contributed by atoms with Crippen LogP contribution in [0.1, 0.15) is 40.9 Å². The number of carbonyl (C=O) groups is 2. The average Bonchev–Trinajstić information content (AvgIpc) is 2.96. The van der Waals surface area contributed by atoms with Crippen LogP contribution in [0.15, 0.2) is 6.20 Å². The van der Waals surface area contributed by atoms with Gasteiger partial charge in [0.05, 0.1) is 6.61 Å². The van der Waals surface area contributed by atoms with E-state index in [0.717, 1.165) is 12.8 Å². The number of methoxy groups -OCH3 is 1. The Balaban J connectivity index is 2.10. The molecule has 122 valence electrons. The van der Waals surface area contributed by atoms with E-state index in [1.807, 2.05) is 0 Å². The van der Waals surface area contributed by atoms with Crippen LogP contribution in [0.3, 0.4) is 0 Å². The van der Waals surface area contributed by atoms with E-state index in [1.54, 1.807) is 34.7 Å². The molecule has 0 spiro atoms. The van der Waals surface area contributed by atoms with E-state index in [1.165, 1.54) is 0 Å². The summed E-state index contributed by atoms with van der Waals surface area (Å²) in [5.74, 6) is 0.0692. The van der Waals surface area contributed by atoms with Crippen molar-refractivity contribution in [2.45, 2.75) is 26.3 Å². The Morgan fingerprint density at radius 2 is 2.23 bits per heavy atom. The summed E-state index contributed by atoms with van der Waals surface area (Å²) >= 11 is 0. The summed E-state index contributed by atoms with van der Waals surface area (Å²) in [5.41, 5.74) is 0.343. The van der Waals surface area contributed by atoms with E-state index in [9.17, 15) is 9.59 Å². The molecule has 2 heterocycles. The number of imidazole rings is 1. The van der Waals surface area contributed by atoms with Gasteiger partial charge in [-0.05, 0) is 6.42 Å². The van der Waals surface area contributed by atoms with E-state index < -0.39 is 0 Å². The third-order valence-corrected chi connectivity index (χ3v) is 3.84. The third kappa shape index (κ3) is 3.47. The van der Waals surface area contributed by atoms with Crippen molar-refractivity contribution in [2.75, 3.05) is 40.4 Å². The number of rotatable bonds is 7. The predicted molar refractivity (Wildman–Crippen MR) is 81.9 cm³/mol. The SMILES string of the molecule is CCCCN(C)C(=O)c1cn2c(n1)C(=O)N(CCOC)CC2. The summed E-state index contributed by atoms with van der Waals surface area (Å²) in [6.45, 7) is 5.10. The van der Waals surface area contributed by atoms with Crippen molar-refractivity contribution < 1.29 is 14.3 Å². The maximum absolute atomic E-state index is 12.4. The molecule has 0 fully saturated rings. The van der Waals surface area contributed by atoms with Crippen LogP contribution < -0.4 is 0 Å². The lowest BCUT2D eigenvalue weighted by molar-refractivity contribution is 0.0633. The molecule has 22 heavy (non-hydrogen) atoms. The molecule has 1 aliphatic rings. The molecule has 1 aromatic rings. The fourth-order valence-corrected chi connectivity index (χ4v) is 2.44. The monoisotopic (exact) mass is 308 g/mol. The molecule has 2 rings (SSSR count).